The number of benzene rings is 1. The molecule has 21 heavy (non-hydrogen) atoms. The molecule has 0 atom stereocenters. The van der Waals surface area contributed by atoms with Crippen LogP contribution in [0.4, 0.5) is 0 Å². The number of fused-ring (bicyclic) bond motifs is 1. The van der Waals surface area contributed by atoms with Gasteiger partial charge >= 0.3 is 5.97 Å². The van der Waals surface area contributed by atoms with Crippen LogP contribution in [0.2, 0.25) is 0 Å². The zero-order valence-electron chi connectivity index (χ0n) is 11.7. The molecule has 0 aromatic heterocycles. The fraction of sp³-hybridized carbons (Fsp3) is 0.438. The van der Waals surface area contributed by atoms with Gasteiger partial charge in [-0.25, -0.2) is 0 Å². The minimum Gasteiger partial charge on any atom is -0.461 e. The summed E-state index contributed by atoms with van der Waals surface area (Å²) in [5.74, 6) is -0.912. The molecule has 5 nitrogen and oxygen atoms in total. The minimum absolute atomic E-state index is 0.0121. The van der Waals surface area contributed by atoms with E-state index < -0.39 is 5.91 Å². The van der Waals surface area contributed by atoms with E-state index in [9.17, 15) is 14.4 Å². The molecule has 1 aromatic rings. The summed E-state index contributed by atoms with van der Waals surface area (Å²) in [6.07, 6.45) is 5.17. The first-order valence-corrected chi connectivity index (χ1v) is 7.30. The molecule has 110 valence electrons. The number of hydrogen-bond donors (Lipinski definition) is 1. The lowest BCUT2D eigenvalue weighted by Gasteiger charge is -2.19. The van der Waals surface area contributed by atoms with Crippen LogP contribution in [0.15, 0.2) is 18.2 Å². The van der Waals surface area contributed by atoms with Gasteiger partial charge in [0.1, 0.15) is 6.61 Å². The van der Waals surface area contributed by atoms with Crippen LogP contribution >= 0.6 is 0 Å². The summed E-state index contributed by atoms with van der Waals surface area (Å²) < 4.78 is 5.33. The first kappa shape index (κ1) is 13.8. The van der Waals surface area contributed by atoms with E-state index in [1.165, 1.54) is 6.42 Å². The molecule has 0 saturated heterocycles. The second-order valence-electron chi connectivity index (χ2n) is 5.61. The smallest absolute Gasteiger partial charge is 0.309 e. The van der Waals surface area contributed by atoms with Crippen LogP contribution in [-0.2, 0) is 16.1 Å². The largest absolute Gasteiger partial charge is 0.461 e. The molecule has 1 aliphatic heterocycles. The van der Waals surface area contributed by atoms with E-state index >= 15 is 0 Å². The van der Waals surface area contributed by atoms with E-state index in [2.05, 4.69) is 5.32 Å². The summed E-state index contributed by atoms with van der Waals surface area (Å²) in [5, 5.41) is 2.24. The average Bonchev–Trinajstić information content (AvgIpc) is 2.80. The standard InChI is InChI=1S/C16H17NO4/c18-14-12-7-6-10(8-13(12)15(19)17-14)9-21-16(20)11-4-2-1-3-5-11/h6-8,11H,1-5,9H2,(H,17,18,19). The van der Waals surface area contributed by atoms with Crippen molar-refractivity contribution in [3.63, 3.8) is 0 Å². The Morgan fingerprint density at radius 1 is 1.10 bits per heavy atom. The van der Waals surface area contributed by atoms with Crippen molar-refractivity contribution in [2.24, 2.45) is 5.92 Å². The second-order valence-corrected chi connectivity index (χ2v) is 5.61. The maximum Gasteiger partial charge on any atom is 0.309 e. The molecule has 1 aromatic carbocycles. The highest BCUT2D eigenvalue weighted by atomic mass is 16.5. The van der Waals surface area contributed by atoms with Crippen LogP contribution in [0.25, 0.3) is 0 Å². The minimum atomic E-state index is -0.393. The van der Waals surface area contributed by atoms with Gasteiger partial charge in [0.2, 0.25) is 0 Å². The zero-order chi connectivity index (χ0) is 14.8. The summed E-state index contributed by atoms with van der Waals surface area (Å²) in [7, 11) is 0. The molecule has 2 amide bonds. The number of esters is 1. The normalized spacial score (nSPS) is 18.3. The monoisotopic (exact) mass is 287 g/mol. The third-order valence-electron chi connectivity index (χ3n) is 4.12. The van der Waals surface area contributed by atoms with Gasteiger partial charge in [-0.2, -0.15) is 0 Å². The van der Waals surface area contributed by atoms with Gasteiger partial charge in [0.25, 0.3) is 11.8 Å². The number of rotatable bonds is 3. The molecule has 3 rings (SSSR count). The van der Waals surface area contributed by atoms with Crippen molar-refractivity contribution in [1.29, 1.82) is 0 Å². The molecular formula is C16H17NO4. The molecule has 1 aliphatic carbocycles. The first-order chi connectivity index (χ1) is 10.1. The number of amides is 2. The van der Waals surface area contributed by atoms with Crippen LogP contribution in [0.5, 0.6) is 0 Å². The number of nitrogens with one attached hydrogen (secondary N) is 1. The van der Waals surface area contributed by atoms with E-state index in [1.54, 1.807) is 18.2 Å². The molecule has 0 unspecified atom stereocenters. The van der Waals surface area contributed by atoms with Crippen LogP contribution in [0.1, 0.15) is 58.4 Å². The van der Waals surface area contributed by atoms with Gasteiger partial charge in [0, 0.05) is 0 Å². The Morgan fingerprint density at radius 2 is 1.81 bits per heavy atom. The topological polar surface area (TPSA) is 72.5 Å². The highest BCUT2D eigenvalue weighted by Gasteiger charge is 2.27. The van der Waals surface area contributed by atoms with Crippen molar-refractivity contribution in [3.8, 4) is 0 Å². The molecule has 2 aliphatic rings. The van der Waals surface area contributed by atoms with Crippen LogP contribution in [0, 0.1) is 5.92 Å². The van der Waals surface area contributed by atoms with Gasteiger partial charge in [0.05, 0.1) is 17.0 Å². The Morgan fingerprint density at radius 3 is 2.57 bits per heavy atom. The Bertz CT molecular complexity index is 602. The average molecular weight is 287 g/mol. The van der Waals surface area contributed by atoms with Crippen molar-refractivity contribution < 1.29 is 19.1 Å². The fourth-order valence-electron chi connectivity index (χ4n) is 2.92. The highest BCUT2D eigenvalue weighted by Crippen LogP contribution is 2.25. The Hall–Kier alpha value is -2.17. The summed E-state index contributed by atoms with van der Waals surface area (Å²) in [5.41, 5.74) is 1.45. The van der Waals surface area contributed by atoms with E-state index in [-0.39, 0.29) is 24.4 Å². The number of hydrogen-bond acceptors (Lipinski definition) is 4. The number of imide groups is 1. The van der Waals surface area contributed by atoms with E-state index in [1.807, 2.05) is 0 Å². The lowest BCUT2D eigenvalue weighted by molar-refractivity contribution is -0.151. The van der Waals surface area contributed by atoms with Crippen molar-refractivity contribution in [2.45, 2.75) is 38.7 Å². The molecule has 5 heteroatoms. The molecule has 0 spiro atoms. The van der Waals surface area contributed by atoms with Crippen LogP contribution < -0.4 is 5.32 Å². The van der Waals surface area contributed by atoms with Crippen molar-refractivity contribution in [2.75, 3.05) is 0 Å². The highest BCUT2D eigenvalue weighted by molar-refractivity contribution is 6.21. The van der Waals surface area contributed by atoms with Gasteiger partial charge < -0.3 is 4.74 Å². The zero-order valence-corrected chi connectivity index (χ0v) is 11.7. The molecule has 1 saturated carbocycles. The second kappa shape index (κ2) is 5.68. The maximum absolute atomic E-state index is 12.0. The van der Waals surface area contributed by atoms with Gasteiger partial charge in [0.15, 0.2) is 0 Å². The van der Waals surface area contributed by atoms with Gasteiger partial charge in [-0.05, 0) is 30.5 Å². The first-order valence-electron chi connectivity index (χ1n) is 7.30. The molecule has 1 heterocycles. The van der Waals surface area contributed by atoms with E-state index in [4.69, 9.17) is 4.74 Å². The van der Waals surface area contributed by atoms with Crippen LogP contribution in [-0.4, -0.2) is 17.8 Å². The predicted octanol–water partition coefficient (Wildman–Crippen LogP) is 2.19. The summed E-state index contributed by atoms with van der Waals surface area (Å²) in [6.45, 7) is 0.143. The fourth-order valence-corrected chi connectivity index (χ4v) is 2.92. The molecule has 0 radical (unpaired) electrons. The lowest BCUT2D eigenvalue weighted by atomic mass is 9.89. The number of carbonyl (C=O) groups excluding carboxylic acids is 3. The Kier molecular flexibility index (Phi) is 3.73. The number of carbonyl (C=O) groups is 3. The molecule has 0 bridgehead atoms. The molecule has 1 N–H and O–H groups in total. The summed E-state index contributed by atoms with van der Waals surface area (Å²) in [6, 6.07) is 4.92. The van der Waals surface area contributed by atoms with Gasteiger partial charge in [-0.3, -0.25) is 19.7 Å². The summed E-state index contributed by atoms with van der Waals surface area (Å²) in [4.78, 5) is 35.0. The van der Waals surface area contributed by atoms with Crippen molar-refractivity contribution in [3.05, 3.63) is 34.9 Å². The third kappa shape index (κ3) is 2.82. The van der Waals surface area contributed by atoms with Crippen molar-refractivity contribution >= 4 is 17.8 Å². The summed E-state index contributed by atoms with van der Waals surface area (Å²) >= 11 is 0. The van der Waals surface area contributed by atoms with Crippen molar-refractivity contribution in [1.82, 2.24) is 5.32 Å². The molecule has 1 fully saturated rings. The van der Waals surface area contributed by atoms with E-state index in [0.29, 0.717) is 11.1 Å². The van der Waals surface area contributed by atoms with Gasteiger partial charge in [-0.15, -0.1) is 0 Å². The van der Waals surface area contributed by atoms with E-state index in [0.717, 1.165) is 31.2 Å². The quantitative estimate of drug-likeness (QED) is 0.683. The number of ether oxygens (including phenoxy) is 1. The Balaban J connectivity index is 1.63. The predicted molar refractivity (Wildman–Crippen MR) is 74.6 cm³/mol. The lowest BCUT2D eigenvalue weighted by Crippen LogP contribution is -2.20. The van der Waals surface area contributed by atoms with Crippen LogP contribution in [0.3, 0.4) is 0 Å². The third-order valence-corrected chi connectivity index (χ3v) is 4.12. The Labute approximate surface area is 122 Å². The van der Waals surface area contributed by atoms with Gasteiger partial charge in [-0.1, -0.05) is 25.3 Å². The SMILES string of the molecule is O=C1NC(=O)c2cc(COC(=O)C3CCCCC3)ccc21. The maximum atomic E-state index is 12.0. The molecular weight excluding hydrogens is 270 g/mol.